The predicted molar refractivity (Wildman–Crippen MR) is 109 cm³/mol. The number of methoxy groups -OCH3 is 1. The van der Waals surface area contributed by atoms with Crippen molar-refractivity contribution in [3.63, 3.8) is 0 Å². The first-order chi connectivity index (χ1) is 14.3. The number of carbonyl (C=O) groups excluding carboxylic acids is 1. The molecule has 0 aliphatic rings. The summed E-state index contributed by atoms with van der Waals surface area (Å²) in [6, 6.07) is 12.3. The molecule has 0 aliphatic carbocycles. The number of nitrogens with one attached hydrogen (secondary N) is 3. The number of hydrogen-bond acceptors (Lipinski definition) is 3. The monoisotopic (exact) mass is 422 g/mol. The van der Waals surface area contributed by atoms with Crippen LogP contribution in [0.5, 0.6) is 5.75 Å². The van der Waals surface area contributed by atoms with Gasteiger partial charge in [-0.25, -0.2) is 4.99 Å². The number of alkyl halides is 3. The lowest BCUT2D eigenvalue weighted by molar-refractivity contribution is -0.137. The quantitative estimate of drug-likeness (QED) is 0.452. The summed E-state index contributed by atoms with van der Waals surface area (Å²) in [5.74, 6) is 0.837. The summed E-state index contributed by atoms with van der Waals surface area (Å²) in [5, 5.41) is 8.62. The van der Waals surface area contributed by atoms with Gasteiger partial charge in [-0.15, -0.1) is 0 Å². The third-order valence-corrected chi connectivity index (χ3v) is 4.08. The maximum absolute atomic E-state index is 12.8. The molecule has 6 nitrogen and oxygen atoms in total. The third-order valence-electron chi connectivity index (χ3n) is 4.08. The Balaban J connectivity index is 1.87. The highest BCUT2D eigenvalue weighted by Crippen LogP contribution is 2.29. The lowest BCUT2D eigenvalue weighted by atomic mass is 10.1. The largest absolute Gasteiger partial charge is 0.497 e. The van der Waals surface area contributed by atoms with Crippen LogP contribution in [0, 0.1) is 0 Å². The lowest BCUT2D eigenvalue weighted by Crippen LogP contribution is -2.43. The molecule has 0 aliphatic heterocycles. The van der Waals surface area contributed by atoms with Crippen molar-refractivity contribution >= 4 is 11.9 Å². The molecule has 2 aromatic rings. The van der Waals surface area contributed by atoms with Crippen LogP contribution in [0.4, 0.5) is 13.2 Å². The van der Waals surface area contributed by atoms with Crippen LogP contribution in [-0.2, 0) is 24.1 Å². The topological polar surface area (TPSA) is 74.8 Å². The van der Waals surface area contributed by atoms with Crippen LogP contribution in [0.15, 0.2) is 53.5 Å². The van der Waals surface area contributed by atoms with Gasteiger partial charge in [0.2, 0.25) is 5.91 Å². The summed E-state index contributed by atoms with van der Waals surface area (Å²) >= 11 is 0. The van der Waals surface area contributed by atoms with Crippen molar-refractivity contribution in [2.45, 2.75) is 26.2 Å². The number of ether oxygens (including phenoxy) is 1. The number of amides is 1. The zero-order valence-electron chi connectivity index (χ0n) is 16.8. The van der Waals surface area contributed by atoms with Gasteiger partial charge in [-0.3, -0.25) is 4.79 Å². The van der Waals surface area contributed by atoms with Crippen LogP contribution in [0.2, 0.25) is 0 Å². The Morgan fingerprint density at radius 3 is 2.40 bits per heavy atom. The van der Waals surface area contributed by atoms with Crippen LogP contribution < -0.4 is 20.7 Å². The minimum absolute atomic E-state index is 0.0232. The molecular weight excluding hydrogens is 397 g/mol. The van der Waals surface area contributed by atoms with Crippen molar-refractivity contribution in [1.29, 1.82) is 0 Å². The second-order valence-corrected chi connectivity index (χ2v) is 6.37. The summed E-state index contributed by atoms with van der Waals surface area (Å²) < 4.78 is 43.5. The van der Waals surface area contributed by atoms with E-state index in [1.165, 1.54) is 6.07 Å². The Hall–Kier alpha value is -3.23. The number of benzene rings is 2. The van der Waals surface area contributed by atoms with Crippen LogP contribution in [0.3, 0.4) is 0 Å². The van der Waals surface area contributed by atoms with Crippen molar-refractivity contribution in [3.05, 3.63) is 65.2 Å². The molecule has 0 saturated carbocycles. The molecule has 9 heteroatoms. The number of nitrogens with zero attached hydrogens (tertiary/aromatic N) is 1. The summed E-state index contributed by atoms with van der Waals surface area (Å²) in [7, 11) is 1.58. The van der Waals surface area contributed by atoms with Gasteiger partial charge in [-0.2, -0.15) is 13.2 Å². The van der Waals surface area contributed by atoms with Gasteiger partial charge in [-0.05, 0) is 42.3 Å². The van der Waals surface area contributed by atoms with Gasteiger partial charge in [0.25, 0.3) is 0 Å². The number of carbonyl (C=O) groups is 1. The molecule has 2 rings (SSSR count). The maximum Gasteiger partial charge on any atom is 0.416 e. The molecule has 30 heavy (non-hydrogen) atoms. The van der Waals surface area contributed by atoms with E-state index in [1.54, 1.807) is 13.2 Å². The van der Waals surface area contributed by atoms with E-state index in [0.717, 1.165) is 23.4 Å². The summed E-state index contributed by atoms with van der Waals surface area (Å²) in [6.45, 7) is 2.78. The Labute approximate surface area is 173 Å². The molecule has 0 radical (unpaired) electrons. The zero-order chi connectivity index (χ0) is 22.0. The minimum atomic E-state index is -4.40. The standard InChI is InChI=1S/C21H25F3N4O2/c1-3-25-20(27-13-16-5-4-6-17(11-16)21(22,23)24)28-14-19(29)26-12-15-7-9-18(30-2)10-8-15/h4-11H,3,12-14H2,1-2H3,(H,26,29)(H2,25,27,28). The maximum atomic E-state index is 12.8. The first kappa shape index (κ1) is 23.1. The van der Waals surface area contributed by atoms with E-state index < -0.39 is 11.7 Å². The minimum Gasteiger partial charge on any atom is -0.497 e. The van der Waals surface area contributed by atoms with E-state index in [9.17, 15) is 18.0 Å². The highest BCUT2D eigenvalue weighted by molar-refractivity contribution is 5.86. The van der Waals surface area contributed by atoms with Crippen molar-refractivity contribution in [2.75, 3.05) is 20.2 Å². The fourth-order valence-electron chi connectivity index (χ4n) is 2.53. The molecule has 1 amide bonds. The highest BCUT2D eigenvalue weighted by Gasteiger charge is 2.30. The fourth-order valence-corrected chi connectivity index (χ4v) is 2.53. The van der Waals surface area contributed by atoms with Gasteiger partial charge in [-0.1, -0.05) is 24.3 Å². The van der Waals surface area contributed by atoms with Gasteiger partial charge in [0.05, 0.1) is 25.8 Å². The molecular formula is C21H25F3N4O2. The second kappa shape index (κ2) is 11.1. The van der Waals surface area contributed by atoms with E-state index in [4.69, 9.17) is 4.74 Å². The van der Waals surface area contributed by atoms with Crippen LogP contribution >= 0.6 is 0 Å². The van der Waals surface area contributed by atoms with Gasteiger partial charge in [0.15, 0.2) is 5.96 Å². The lowest BCUT2D eigenvalue weighted by Gasteiger charge is -2.12. The number of hydrogen-bond donors (Lipinski definition) is 3. The molecule has 0 saturated heterocycles. The fraction of sp³-hybridized carbons (Fsp3) is 0.333. The van der Waals surface area contributed by atoms with E-state index in [0.29, 0.717) is 24.6 Å². The van der Waals surface area contributed by atoms with Crippen LogP contribution in [-0.4, -0.2) is 32.1 Å². The normalized spacial score (nSPS) is 11.7. The van der Waals surface area contributed by atoms with Gasteiger partial charge >= 0.3 is 6.18 Å². The molecule has 2 aromatic carbocycles. The third kappa shape index (κ3) is 7.65. The van der Waals surface area contributed by atoms with Gasteiger partial charge in [0.1, 0.15) is 5.75 Å². The summed E-state index contributed by atoms with van der Waals surface area (Å²) in [4.78, 5) is 16.3. The molecule has 162 valence electrons. The first-order valence-electron chi connectivity index (χ1n) is 9.39. The predicted octanol–water partition coefficient (Wildman–Crippen LogP) is 3.09. The van der Waals surface area contributed by atoms with Gasteiger partial charge in [0, 0.05) is 13.1 Å². The summed E-state index contributed by atoms with van der Waals surface area (Å²) in [6.07, 6.45) is -4.40. The Kier molecular flexibility index (Phi) is 8.52. The molecule has 0 bridgehead atoms. The van der Waals surface area contributed by atoms with Crippen molar-refractivity contribution in [2.24, 2.45) is 4.99 Å². The number of halogens is 3. The Bertz CT molecular complexity index is 852. The molecule has 0 atom stereocenters. The second-order valence-electron chi connectivity index (χ2n) is 6.37. The smallest absolute Gasteiger partial charge is 0.416 e. The average molecular weight is 422 g/mol. The molecule has 3 N–H and O–H groups in total. The van der Waals surface area contributed by atoms with Crippen LogP contribution in [0.1, 0.15) is 23.6 Å². The van der Waals surface area contributed by atoms with Crippen molar-refractivity contribution in [3.8, 4) is 5.75 Å². The van der Waals surface area contributed by atoms with Gasteiger partial charge < -0.3 is 20.7 Å². The highest BCUT2D eigenvalue weighted by atomic mass is 19.4. The molecule has 0 aromatic heterocycles. The van der Waals surface area contributed by atoms with E-state index >= 15 is 0 Å². The Morgan fingerprint density at radius 2 is 1.77 bits per heavy atom. The van der Waals surface area contributed by atoms with Crippen molar-refractivity contribution in [1.82, 2.24) is 16.0 Å². The number of guanidine groups is 1. The number of aliphatic imine (C=N–C) groups is 1. The summed E-state index contributed by atoms with van der Waals surface area (Å²) in [5.41, 5.74) is 0.631. The molecule has 0 unspecified atom stereocenters. The van der Waals surface area contributed by atoms with E-state index in [2.05, 4.69) is 20.9 Å². The zero-order valence-corrected chi connectivity index (χ0v) is 16.8. The first-order valence-corrected chi connectivity index (χ1v) is 9.39. The molecule has 0 heterocycles. The Morgan fingerprint density at radius 1 is 1.03 bits per heavy atom. The number of rotatable bonds is 8. The average Bonchev–Trinajstić information content (AvgIpc) is 2.74. The van der Waals surface area contributed by atoms with E-state index in [-0.39, 0.29) is 19.0 Å². The van der Waals surface area contributed by atoms with Crippen molar-refractivity contribution < 1.29 is 22.7 Å². The SMILES string of the molecule is CCNC(=NCc1cccc(C(F)(F)F)c1)NCC(=O)NCc1ccc(OC)cc1. The van der Waals surface area contributed by atoms with Crippen LogP contribution in [0.25, 0.3) is 0 Å². The van der Waals surface area contributed by atoms with E-state index in [1.807, 2.05) is 31.2 Å². The molecule has 0 fully saturated rings. The molecule has 0 spiro atoms.